The van der Waals surface area contributed by atoms with Gasteiger partial charge in [-0.2, -0.15) is 0 Å². The van der Waals surface area contributed by atoms with Gasteiger partial charge in [0.15, 0.2) is 0 Å². The van der Waals surface area contributed by atoms with Gasteiger partial charge >= 0.3 is 0 Å². The van der Waals surface area contributed by atoms with E-state index in [9.17, 15) is 9.59 Å². The van der Waals surface area contributed by atoms with Crippen LogP contribution in [0.3, 0.4) is 0 Å². The lowest BCUT2D eigenvalue weighted by Gasteiger charge is -2.25. The molecule has 3 saturated heterocycles. The fraction of sp³-hybridized carbons (Fsp3) is 0.556. The van der Waals surface area contributed by atoms with Crippen molar-refractivity contribution >= 4 is 11.8 Å². The highest BCUT2D eigenvalue weighted by Gasteiger charge is 2.42. The number of aromatic nitrogens is 2. The molecule has 1 aromatic carbocycles. The molecule has 8 nitrogen and oxygen atoms in total. The van der Waals surface area contributed by atoms with Gasteiger partial charge in [-0.25, -0.2) is 9.97 Å². The first kappa shape index (κ1) is 23.9. The molecule has 1 aromatic heterocycles. The van der Waals surface area contributed by atoms with Crippen molar-refractivity contribution in [2.24, 2.45) is 17.8 Å². The molecule has 0 aliphatic carbocycles. The standard InChI is InChI=1S/C27H35N5O3/c1-18-25(19(2)29-17-28-18)27(34)32-14-22-12-31(13-23(22)15-32)10-8-24(20-6-4-3-5-7-20)30-26(33)21-9-11-35-16-21/h3-7,17,21-24H,8-16H2,1-2H3,(H,30,33)/t21-,22?,23?,24+/m1/s1. The zero-order chi connectivity index (χ0) is 24.4. The summed E-state index contributed by atoms with van der Waals surface area (Å²) in [6.07, 6.45) is 3.18. The number of hydrogen-bond acceptors (Lipinski definition) is 6. The third-order valence-electron chi connectivity index (χ3n) is 7.84. The Kier molecular flexibility index (Phi) is 7.11. The molecule has 0 bridgehead atoms. The summed E-state index contributed by atoms with van der Waals surface area (Å²) in [5.74, 6) is 1.09. The van der Waals surface area contributed by atoms with Crippen LogP contribution in [0.15, 0.2) is 36.7 Å². The summed E-state index contributed by atoms with van der Waals surface area (Å²) in [6.45, 7) is 9.42. The molecule has 2 amide bonds. The minimum absolute atomic E-state index is 0.00755. The van der Waals surface area contributed by atoms with Crippen LogP contribution in [0.2, 0.25) is 0 Å². The molecule has 0 radical (unpaired) electrons. The van der Waals surface area contributed by atoms with Crippen LogP contribution in [-0.2, 0) is 9.53 Å². The van der Waals surface area contributed by atoms with Gasteiger partial charge in [0.2, 0.25) is 5.91 Å². The number of benzene rings is 1. The number of nitrogens with zero attached hydrogens (tertiary/aromatic N) is 4. The third kappa shape index (κ3) is 5.23. The maximum atomic E-state index is 13.2. The van der Waals surface area contributed by atoms with Crippen LogP contribution < -0.4 is 5.32 Å². The smallest absolute Gasteiger partial charge is 0.257 e. The first-order chi connectivity index (χ1) is 17.0. The highest BCUT2D eigenvalue weighted by molar-refractivity contribution is 5.96. The van der Waals surface area contributed by atoms with Gasteiger partial charge in [0.05, 0.1) is 35.5 Å². The Hall–Kier alpha value is -2.84. The number of carbonyl (C=O) groups is 2. The normalized spacial score (nSPS) is 25.0. The van der Waals surface area contributed by atoms with E-state index in [1.54, 1.807) is 0 Å². The van der Waals surface area contributed by atoms with Crippen LogP contribution in [0.25, 0.3) is 0 Å². The fourth-order valence-corrected chi connectivity index (χ4v) is 5.85. The van der Waals surface area contributed by atoms with E-state index in [0.717, 1.165) is 62.5 Å². The Bertz CT molecular complexity index is 1020. The van der Waals surface area contributed by atoms with Gasteiger partial charge in [0.25, 0.3) is 5.91 Å². The molecule has 1 N–H and O–H groups in total. The lowest BCUT2D eigenvalue weighted by molar-refractivity contribution is -0.125. The van der Waals surface area contributed by atoms with Crippen molar-refractivity contribution in [3.8, 4) is 0 Å². The van der Waals surface area contributed by atoms with Crippen LogP contribution in [-0.4, -0.2) is 77.5 Å². The molecule has 3 fully saturated rings. The topological polar surface area (TPSA) is 87.7 Å². The zero-order valence-electron chi connectivity index (χ0n) is 20.7. The predicted molar refractivity (Wildman–Crippen MR) is 132 cm³/mol. The number of aryl methyl sites for hydroxylation is 2. The Morgan fingerprint density at radius 1 is 1.06 bits per heavy atom. The molecule has 35 heavy (non-hydrogen) atoms. The number of nitrogens with one attached hydrogen (secondary N) is 1. The maximum Gasteiger partial charge on any atom is 0.257 e. The molecular weight excluding hydrogens is 442 g/mol. The molecule has 0 spiro atoms. The van der Waals surface area contributed by atoms with E-state index in [2.05, 4.69) is 32.3 Å². The van der Waals surface area contributed by atoms with Gasteiger partial charge in [0.1, 0.15) is 6.33 Å². The van der Waals surface area contributed by atoms with Crippen molar-refractivity contribution in [2.45, 2.75) is 32.7 Å². The monoisotopic (exact) mass is 477 g/mol. The average Bonchev–Trinajstić information content (AvgIpc) is 3.59. The van der Waals surface area contributed by atoms with Gasteiger partial charge < -0.3 is 19.9 Å². The zero-order valence-corrected chi connectivity index (χ0v) is 20.7. The molecule has 0 saturated carbocycles. The van der Waals surface area contributed by atoms with Crippen molar-refractivity contribution in [1.29, 1.82) is 0 Å². The van der Waals surface area contributed by atoms with E-state index in [0.29, 0.717) is 30.6 Å². The molecule has 2 aromatic rings. The quantitative estimate of drug-likeness (QED) is 0.659. The number of likely N-dealkylation sites (tertiary alicyclic amines) is 2. The SMILES string of the molecule is Cc1ncnc(C)c1C(=O)N1CC2CN(CC[C@H](NC(=O)[C@@H]3CCOC3)c3ccccc3)CC2C1. The molecule has 3 aliphatic heterocycles. The summed E-state index contributed by atoms with van der Waals surface area (Å²) < 4.78 is 5.41. The Balaban J connectivity index is 1.17. The van der Waals surface area contributed by atoms with E-state index in [1.165, 1.54) is 6.33 Å². The Morgan fingerprint density at radius 3 is 2.37 bits per heavy atom. The molecular formula is C27H35N5O3. The number of carbonyl (C=O) groups excluding carboxylic acids is 2. The van der Waals surface area contributed by atoms with Crippen LogP contribution in [0.1, 0.15) is 46.2 Å². The van der Waals surface area contributed by atoms with E-state index < -0.39 is 0 Å². The van der Waals surface area contributed by atoms with Crippen LogP contribution in [0, 0.1) is 31.6 Å². The van der Waals surface area contributed by atoms with Crippen molar-refractivity contribution in [3.63, 3.8) is 0 Å². The van der Waals surface area contributed by atoms with Crippen molar-refractivity contribution in [2.75, 3.05) is 45.9 Å². The van der Waals surface area contributed by atoms with Crippen LogP contribution >= 0.6 is 0 Å². The second kappa shape index (κ2) is 10.4. The lowest BCUT2D eigenvalue weighted by atomic mass is 10.0. The van der Waals surface area contributed by atoms with Gasteiger partial charge in [0, 0.05) is 39.3 Å². The average molecular weight is 478 g/mol. The van der Waals surface area contributed by atoms with Crippen LogP contribution in [0.5, 0.6) is 0 Å². The van der Waals surface area contributed by atoms with Crippen LogP contribution in [0.4, 0.5) is 0 Å². The number of hydrogen-bond donors (Lipinski definition) is 1. The minimum atomic E-state index is -0.0434. The number of amides is 2. The fourth-order valence-electron chi connectivity index (χ4n) is 5.85. The summed E-state index contributed by atoms with van der Waals surface area (Å²) in [5.41, 5.74) is 3.30. The van der Waals surface area contributed by atoms with Gasteiger partial charge in [-0.3, -0.25) is 9.59 Å². The van der Waals surface area contributed by atoms with Crippen molar-refractivity contribution in [1.82, 2.24) is 25.1 Å². The van der Waals surface area contributed by atoms with Gasteiger partial charge in [-0.05, 0) is 44.1 Å². The molecule has 4 atom stereocenters. The van der Waals surface area contributed by atoms with E-state index in [-0.39, 0.29) is 23.8 Å². The number of ether oxygens (including phenoxy) is 1. The number of rotatable bonds is 7. The minimum Gasteiger partial charge on any atom is -0.381 e. The van der Waals surface area contributed by atoms with E-state index in [1.807, 2.05) is 36.9 Å². The predicted octanol–water partition coefficient (Wildman–Crippen LogP) is 2.38. The first-order valence-corrected chi connectivity index (χ1v) is 12.7. The Labute approximate surface area is 207 Å². The lowest BCUT2D eigenvalue weighted by Crippen LogP contribution is -2.37. The summed E-state index contributed by atoms with van der Waals surface area (Å²) >= 11 is 0. The maximum absolute atomic E-state index is 13.2. The van der Waals surface area contributed by atoms with E-state index in [4.69, 9.17) is 4.74 Å². The molecule has 4 heterocycles. The second-order valence-electron chi connectivity index (χ2n) is 10.2. The largest absolute Gasteiger partial charge is 0.381 e. The van der Waals surface area contributed by atoms with Crippen molar-refractivity contribution < 1.29 is 14.3 Å². The second-order valence-corrected chi connectivity index (χ2v) is 10.2. The van der Waals surface area contributed by atoms with E-state index >= 15 is 0 Å². The summed E-state index contributed by atoms with van der Waals surface area (Å²) in [6, 6.07) is 10.2. The summed E-state index contributed by atoms with van der Waals surface area (Å²) in [4.78, 5) is 38.9. The third-order valence-corrected chi connectivity index (χ3v) is 7.84. The molecule has 8 heteroatoms. The molecule has 186 valence electrons. The highest BCUT2D eigenvalue weighted by atomic mass is 16.5. The highest BCUT2D eigenvalue weighted by Crippen LogP contribution is 2.33. The van der Waals surface area contributed by atoms with Gasteiger partial charge in [-0.15, -0.1) is 0 Å². The summed E-state index contributed by atoms with van der Waals surface area (Å²) in [5, 5.41) is 3.29. The van der Waals surface area contributed by atoms with Crippen molar-refractivity contribution in [3.05, 3.63) is 59.2 Å². The molecule has 3 aliphatic rings. The first-order valence-electron chi connectivity index (χ1n) is 12.7. The molecule has 5 rings (SSSR count). The Morgan fingerprint density at radius 2 is 1.74 bits per heavy atom. The number of fused-ring (bicyclic) bond motifs is 1. The van der Waals surface area contributed by atoms with Gasteiger partial charge in [-0.1, -0.05) is 30.3 Å². The summed E-state index contributed by atoms with van der Waals surface area (Å²) in [7, 11) is 0. The molecule has 2 unspecified atom stereocenters.